The summed E-state index contributed by atoms with van der Waals surface area (Å²) in [7, 11) is 2.24. The molecule has 0 aromatic carbocycles. The lowest BCUT2D eigenvalue weighted by atomic mass is 9.74. The molecule has 1 saturated heterocycles. The normalized spacial score (nSPS) is 27.6. The fourth-order valence-electron chi connectivity index (χ4n) is 2.89. The van der Waals surface area contributed by atoms with Gasteiger partial charge in [-0.15, -0.1) is 0 Å². The van der Waals surface area contributed by atoms with E-state index in [1.165, 1.54) is 58.2 Å². The van der Waals surface area contributed by atoms with Gasteiger partial charge in [-0.25, -0.2) is 0 Å². The number of nitrogens with one attached hydrogen (secondary N) is 1. The highest BCUT2D eigenvalue weighted by Gasteiger charge is 2.34. The van der Waals surface area contributed by atoms with Gasteiger partial charge in [-0.1, -0.05) is 6.92 Å². The highest BCUT2D eigenvalue weighted by atomic mass is 15.1. The molecule has 0 aromatic rings. The van der Waals surface area contributed by atoms with Crippen LogP contribution < -0.4 is 5.32 Å². The third-order valence-electron chi connectivity index (χ3n) is 4.59. The lowest BCUT2D eigenvalue weighted by Crippen LogP contribution is -2.52. The van der Waals surface area contributed by atoms with Crippen LogP contribution in [0.5, 0.6) is 0 Å². The average molecular weight is 210 g/mol. The summed E-state index contributed by atoms with van der Waals surface area (Å²) in [4.78, 5) is 2.45. The Kier molecular flexibility index (Phi) is 3.68. The molecule has 0 atom stereocenters. The first kappa shape index (κ1) is 11.4. The Morgan fingerprint density at radius 2 is 1.93 bits per heavy atom. The van der Waals surface area contributed by atoms with Crippen molar-refractivity contribution in [1.29, 1.82) is 0 Å². The largest absolute Gasteiger partial charge is 0.311 e. The van der Waals surface area contributed by atoms with Crippen molar-refractivity contribution in [3.05, 3.63) is 0 Å². The minimum Gasteiger partial charge on any atom is -0.311 e. The van der Waals surface area contributed by atoms with Gasteiger partial charge in [0, 0.05) is 5.54 Å². The molecule has 2 rings (SSSR count). The van der Waals surface area contributed by atoms with Crippen molar-refractivity contribution in [1.82, 2.24) is 10.2 Å². The van der Waals surface area contributed by atoms with Gasteiger partial charge in [0.05, 0.1) is 0 Å². The van der Waals surface area contributed by atoms with E-state index < -0.39 is 0 Å². The molecule has 0 unspecified atom stereocenters. The van der Waals surface area contributed by atoms with Crippen LogP contribution in [-0.2, 0) is 0 Å². The molecule has 0 amide bonds. The van der Waals surface area contributed by atoms with Crippen molar-refractivity contribution in [2.24, 2.45) is 5.92 Å². The van der Waals surface area contributed by atoms with Crippen LogP contribution in [0.2, 0.25) is 0 Å². The van der Waals surface area contributed by atoms with E-state index in [0.717, 1.165) is 5.92 Å². The molecule has 0 aromatic heterocycles. The van der Waals surface area contributed by atoms with Crippen molar-refractivity contribution in [2.45, 2.75) is 51.0 Å². The Morgan fingerprint density at radius 3 is 2.40 bits per heavy atom. The van der Waals surface area contributed by atoms with Crippen molar-refractivity contribution in [3.63, 3.8) is 0 Å². The number of hydrogen-bond donors (Lipinski definition) is 1. The maximum absolute atomic E-state index is 3.85. The number of rotatable bonds is 4. The van der Waals surface area contributed by atoms with E-state index in [-0.39, 0.29) is 0 Å². The molecular weight excluding hydrogens is 184 g/mol. The van der Waals surface area contributed by atoms with E-state index in [9.17, 15) is 0 Å². The van der Waals surface area contributed by atoms with Crippen molar-refractivity contribution in [2.75, 3.05) is 26.7 Å². The van der Waals surface area contributed by atoms with Crippen LogP contribution in [0.3, 0.4) is 0 Å². The fraction of sp³-hybridized carbons (Fsp3) is 1.00. The Bertz CT molecular complexity index is 185. The third-order valence-corrected chi connectivity index (χ3v) is 4.59. The minimum atomic E-state index is 0.545. The van der Waals surface area contributed by atoms with Gasteiger partial charge < -0.3 is 10.2 Å². The molecule has 1 aliphatic carbocycles. The van der Waals surface area contributed by atoms with Crippen LogP contribution in [0.15, 0.2) is 0 Å². The maximum atomic E-state index is 3.85. The van der Waals surface area contributed by atoms with Gasteiger partial charge in [0.1, 0.15) is 0 Å². The molecule has 2 heteroatoms. The molecule has 88 valence electrons. The second-order valence-corrected chi connectivity index (χ2v) is 5.61. The Morgan fingerprint density at radius 1 is 1.27 bits per heavy atom. The second kappa shape index (κ2) is 4.84. The zero-order chi connectivity index (χ0) is 10.7. The second-order valence-electron chi connectivity index (χ2n) is 5.61. The van der Waals surface area contributed by atoms with Crippen LogP contribution in [0.1, 0.15) is 45.4 Å². The van der Waals surface area contributed by atoms with Gasteiger partial charge >= 0.3 is 0 Å². The standard InChI is InChI=1S/C13H26N2/c1-3-13(7-4-8-13)14-11-12-5-9-15(2)10-6-12/h12,14H,3-11H2,1-2H3. The van der Waals surface area contributed by atoms with Gasteiger partial charge in [-0.05, 0) is 71.1 Å². The van der Waals surface area contributed by atoms with Gasteiger partial charge in [-0.2, -0.15) is 0 Å². The van der Waals surface area contributed by atoms with Crippen LogP contribution in [-0.4, -0.2) is 37.1 Å². The smallest absolute Gasteiger partial charge is 0.0179 e. The van der Waals surface area contributed by atoms with Crippen molar-refractivity contribution < 1.29 is 0 Å². The molecule has 2 fully saturated rings. The van der Waals surface area contributed by atoms with Gasteiger partial charge in [0.2, 0.25) is 0 Å². The molecule has 1 heterocycles. The molecule has 0 bridgehead atoms. The first-order chi connectivity index (χ1) is 7.24. The third kappa shape index (κ3) is 2.73. The molecular formula is C13H26N2. The predicted molar refractivity (Wildman–Crippen MR) is 65.1 cm³/mol. The molecule has 1 N–H and O–H groups in total. The predicted octanol–water partition coefficient (Wildman–Crippen LogP) is 2.25. The summed E-state index contributed by atoms with van der Waals surface area (Å²) < 4.78 is 0. The van der Waals surface area contributed by atoms with E-state index in [4.69, 9.17) is 0 Å². The lowest BCUT2D eigenvalue weighted by molar-refractivity contribution is 0.148. The summed E-state index contributed by atoms with van der Waals surface area (Å²) in [5.41, 5.74) is 0.545. The first-order valence-electron chi connectivity index (χ1n) is 6.68. The number of piperidine rings is 1. The van der Waals surface area contributed by atoms with E-state index in [0.29, 0.717) is 5.54 Å². The molecule has 0 spiro atoms. The first-order valence-corrected chi connectivity index (χ1v) is 6.68. The summed E-state index contributed by atoms with van der Waals surface area (Å²) in [5, 5.41) is 3.85. The van der Waals surface area contributed by atoms with E-state index in [1.54, 1.807) is 0 Å². The topological polar surface area (TPSA) is 15.3 Å². The van der Waals surface area contributed by atoms with Crippen LogP contribution in [0, 0.1) is 5.92 Å². The van der Waals surface area contributed by atoms with Crippen molar-refractivity contribution >= 4 is 0 Å². The van der Waals surface area contributed by atoms with E-state index in [1.807, 2.05) is 0 Å². The zero-order valence-corrected chi connectivity index (χ0v) is 10.4. The average Bonchev–Trinajstić information content (AvgIpc) is 2.20. The molecule has 1 aliphatic heterocycles. The quantitative estimate of drug-likeness (QED) is 0.765. The molecule has 0 radical (unpaired) electrons. The number of nitrogens with zero attached hydrogens (tertiary/aromatic N) is 1. The Hall–Kier alpha value is -0.0800. The monoisotopic (exact) mass is 210 g/mol. The summed E-state index contributed by atoms with van der Waals surface area (Å²) in [6.45, 7) is 6.19. The summed E-state index contributed by atoms with van der Waals surface area (Å²) >= 11 is 0. The summed E-state index contributed by atoms with van der Waals surface area (Å²) in [6.07, 6.45) is 8.37. The summed E-state index contributed by atoms with van der Waals surface area (Å²) in [5.74, 6) is 0.935. The highest BCUT2D eigenvalue weighted by molar-refractivity contribution is 4.95. The highest BCUT2D eigenvalue weighted by Crippen LogP contribution is 2.34. The van der Waals surface area contributed by atoms with E-state index >= 15 is 0 Å². The lowest BCUT2D eigenvalue weighted by Gasteiger charge is -2.44. The van der Waals surface area contributed by atoms with Crippen molar-refractivity contribution in [3.8, 4) is 0 Å². The van der Waals surface area contributed by atoms with Crippen LogP contribution in [0.4, 0.5) is 0 Å². The van der Waals surface area contributed by atoms with E-state index in [2.05, 4.69) is 24.2 Å². The number of likely N-dealkylation sites (tertiary alicyclic amines) is 1. The minimum absolute atomic E-state index is 0.545. The number of hydrogen-bond acceptors (Lipinski definition) is 2. The molecule has 2 nitrogen and oxygen atoms in total. The Balaban J connectivity index is 1.69. The van der Waals surface area contributed by atoms with Gasteiger partial charge in [0.25, 0.3) is 0 Å². The van der Waals surface area contributed by atoms with Crippen LogP contribution >= 0.6 is 0 Å². The SMILES string of the molecule is CCC1(NCC2CCN(C)CC2)CCC1. The fourth-order valence-corrected chi connectivity index (χ4v) is 2.89. The zero-order valence-electron chi connectivity index (χ0n) is 10.4. The van der Waals surface area contributed by atoms with Gasteiger partial charge in [-0.3, -0.25) is 0 Å². The molecule has 15 heavy (non-hydrogen) atoms. The molecule has 2 aliphatic rings. The Labute approximate surface area is 94.4 Å². The maximum Gasteiger partial charge on any atom is 0.0179 e. The van der Waals surface area contributed by atoms with Gasteiger partial charge in [0.15, 0.2) is 0 Å². The molecule has 1 saturated carbocycles. The summed E-state index contributed by atoms with van der Waals surface area (Å²) in [6, 6.07) is 0. The van der Waals surface area contributed by atoms with Crippen LogP contribution in [0.25, 0.3) is 0 Å².